The van der Waals surface area contributed by atoms with Gasteiger partial charge in [0.1, 0.15) is 18.1 Å². The molecule has 2 aromatic heterocycles. The Hall–Kier alpha value is -3.06. The summed E-state index contributed by atoms with van der Waals surface area (Å²) < 4.78 is 6.02. The van der Waals surface area contributed by atoms with Crippen LogP contribution in [-0.2, 0) is 17.8 Å². The highest BCUT2D eigenvalue weighted by atomic mass is 16.5. The molecule has 1 aliphatic carbocycles. The van der Waals surface area contributed by atoms with Crippen LogP contribution in [0, 0.1) is 0 Å². The molecule has 1 saturated heterocycles. The van der Waals surface area contributed by atoms with Crippen molar-refractivity contribution in [1.29, 1.82) is 0 Å². The third-order valence-electron chi connectivity index (χ3n) is 6.63. The van der Waals surface area contributed by atoms with Crippen molar-refractivity contribution in [2.45, 2.75) is 45.7 Å². The molecule has 7 heteroatoms. The number of carbonyl (C=O) groups is 2. The first-order chi connectivity index (χ1) is 15.6. The lowest BCUT2D eigenvalue weighted by atomic mass is 9.92. The lowest BCUT2D eigenvalue weighted by molar-refractivity contribution is -0.115. The van der Waals surface area contributed by atoms with Gasteiger partial charge in [0.05, 0.1) is 23.6 Å². The highest BCUT2D eigenvalue weighted by molar-refractivity contribution is 6.03. The molecular formula is C25H28N4O3. The minimum Gasteiger partial charge on any atom is -0.489 e. The summed E-state index contributed by atoms with van der Waals surface area (Å²) in [6.07, 6.45) is 7.30. The molecule has 1 atom stereocenters. The quantitative estimate of drug-likeness (QED) is 0.672. The molecule has 4 heterocycles. The summed E-state index contributed by atoms with van der Waals surface area (Å²) in [4.78, 5) is 38.0. The van der Waals surface area contributed by atoms with Crippen molar-refractivity contribution in [2.24, 2.45) is 0 Å². The number of carbonyl (C=O) groups excluding carboxylic acids is 2. The van der Waals surface area contributed by atoms with E-state index in [1.807, 2.05) is 26.1 Å². The van der Waals surface area contributed by atoms with Crippen LogP contribution in [0.4, 0.5) is 5.69 Å². The van der Waals surface area contributed by atoms with Crippen LogP contribution < -0.4 is 9.64 Å². The first-order valence-corrected chi connectivity index (χ1v) is 11.4. The molecule has 0 saturated carbocycles. The molecule has 0 radical (unpaired) electrons. The Balaban J connectivity index is 1.27. The van der Waals surface area contributed by atoms with Crippen LogP contribution in [-0.4, -0.2) is 58.7 Å². The van der Waals surface area contributed by atoms with Gasteiger partial charge in [-0.1, -0.05) is 19.9 Å². The van der Waals surface area contributed by atoms with Crippen LogP contribution in [0.3, 0.4) is 0 Å². The van der Waals surface area contributed by atoms with Gasteiger partial charge < -0.3 is 9.64 Å². The van der Waals surface area contributed by atoms with Crippen LogP contribution >= 0.6 is 0 Å². The monoisotopic (exact) mass is 432 g/mol. The van der Waals surface area contributed by atoms with Crippen LogP contribution in [0.5, 0.6) is 5.75 Å². The number of piperazine rings is 1. The Morgan fingerprint density at radius 2 is 2.06 bits per heavy atom. The highest BCUT2D eigenvalue weighted by Gasteiger charge is 2.33. The fourth-order valence-corrected chi connectivity index (χ4v) is 4.82. The fraction of sp³-hybridized carbons (Fsp3) is 0.440. The molecule has 0 amide bonds. The van der Waals surface area contributed by atoms with Gasteiger partial charge in [-0.25, -0.2) is 0 Å². The Morgan fingerprint density at radius 1 is 1.19 bits per heavy atom. The number of hydrogen-bond donors (Lipinski definition) is 0. The number of aromatic nitrogens is 2. The number of anilines is 1. The predicted molar refractivity (Wildman–Crippen MR) is 122 cm³/mol. The molecular weight excluding hydrogens is 404 g/mol. The van der Waals surface area contributed by atoms with Gasteiger partial charge in [-0.2, -0.15) is 0 Å². The van der Waals surface area contributed by atoms with Gasteiger partial charge in [-0.3, -0.25) is 24.5 Å². The number of allylic oxidation sites excluding steroid dienone is 1. The second-order valence-corrected chi connectivity index (χ2v) is 8.72. The summed E-state index contributed by atoms with van der Waals surface area (Å²) in [5.41, 5.74) is 5.41. The van der Waals surface area contributed by atoms with E-state index in [1.54, 1.807) is 12.3 Å². The fourth-order valence-electron chi connectivity index (χ4n) is 4.82. The van der Waals surface area contributed by atoms with E-state index in [0.29, 0.717) is 25.1 Å². The van der Waals surface area contributed by atoms with Crippen molar-refractivity contribution in [3.63, 3.8) is 0 Å². The summed E-state index contributed by atoms with van der Waals surface area (Å²) in [5, 5.41) is 0. The van der Waals surface area contributed by atoms with Crippen LogP contribution in [0.2, 0.25) is 0 Å². The van der Waals surface area contributed by atoms with E-state index < -0.39 is 0 Å². The molecule has 166 valence electrons. The Labute approximate surface area is 188 Å². The maximum atomic E-state index is 12.3. The number of ketones is 2. The van der Waals surface area contributed by atoms with Crippen LogP contribution in [0.15, 0.2) is 30.1 Å². The van der Waals surface area contributed by atoms with Gasteiger partial charge >= 0.3 is 0 Å². The van der Waals surface area contributed by atoms with Crippen LogP contribution in [0.25, 0.3) is 6.08 Å². The van der Waals surface area contributed by atoms with Gasteiger partial charge in [0, 0.05) is 51.3 Å². The average molecular weight is 433 g/mol. The van der Waals surface area contributed by atoms with E-state index in [9.17, 15) is 9.59 Å². The van der Waals surface area contributed by atoms with Crippen LogP contribution in [0.1, 0.15) is 54.0 Å². The largest absolute Gasteiger partial charge is 0.489 e. The summed E-state index contributed by atoms with van der Waals surface area (Å²) in [7, 11) is 0. The maximum Gasteiger partial charge on any atom is 0.181 e. The first kappa shape index (κ1) is 20.8. The maximum absolute atomic E-state index is 12.3. The number of fused-ring (bicyclic) bond motifs is 4. The minimum atomic E-state index is 0.0325. The summed E-state index contributed by atoms with van der Waals surface area (Å²) >= 11 is 0. The zero-order valence-electron chi connectivity index (χ0n) is 18.6. The lowest BCUT2D eigenvalue weighted by Gasteiger charge is -2.45. The number of ether oxygens (including phenoxy) is 1. The van der Waals surface area contributed by atoms with Crippen molar-refractivity contribution in [2.75, 3.05) is 31.1 Å². The smallest absolute Gasteiger partial charge is 0.181 e. The normalized spacial score (nSPS) is 20.1. The van der Waals surface area contributed by atoms with E-state index >= 15 is 0 Å². The van der Waals surface area contributed by atoms with Gasteiger partial charge in [-0.05, 0) is 29.2 Å². The number of hydrogen-bond acceptors (Lipinski definition) is 7. The zero-order valence-corrected chi connectivity index (χ0v) is 18.6. The second kappa shape index (κ2) is 8.47. The van der Waals surface area contributed by atoms with Crippen molar-refractivity contribution in [1.82, 2.24) is 14.9 Å². The standard InChI is InChI=1S/C25H28N4O3/c1-3-17-8-20-18(9-24(17)31)7-16(11-26-20)13-28-5-6-29-19(14-28)15-32-25-10-21(23(30)4-2)27-12-22(25)29/h7-8,10-12,19H,3-6,9,13-15H2,1-2H3/t19-/m1/s1. The number of nitrogens with zero attached hydrogens (tertiary/aromatic N) is 4. The molecule has 32 heavy (non-hydrogen) atoms. The number of rotatable bonds is 5. The molecule has 2 aliphatic heterocycles. The van der Waals surface area contributed by atoms with Gasteiger partial charge in [-0.15, -0.1) is 0 Å². The molecule has 0 spiro atoms. The molecule has 0 aromatic carbocycles. The van der Waals surface area contributed by atoms with E-state index in [2.05, 4.69) is 25.8 Å². The lowest BCUT2D eigenvalue weighted by Crippen LogP contribution is -2.57. The molecule has 2 aromatic rings. The van der Waals surface area contributed by atoms with Gasteiger partial charge in [0.15, 0.2) is 11.6 Å². The van der Waals surface area contributed by atoms with E-state index in [0.717, 1.165) is 66.4 Å². The topological polar surface area (TPSA) is 75.6 Å². The number of pyridine rings is 2. The van der Waals surface area contributed by atoms with E-state index in [-0.39, 0.29) is 17.6 Å². The van der Waals surface area contributed by atoms with Crippen molar-refractivity contribution >= 4 is 23.3 Å². The Bertz CT molecular complexity index is 1110. The summed E-state index contributed by atoms with van der Waals surface area (Å²) in [6.45, 7) is 7.92. The van der Waals surface area contributed by atoms with Crippen molar-refractivity contribution < 1.29 is 14.3 Å². The average Bonchev–Trinajstić information content (AvgIpc) is 2.82. The predicted octanol–water partition coefficient (Wildman–Crippen LogP) is 3.07. The summed E-state index contributed by atoms with van der Waals surface area (Å²) in [5.74, 6) is 0.998. The molecule has 0 bridgehead atoms. The molecule has 3 aliphatic rings. The van der Waals surface area contributed by atoms with Crippen molar-refractivity contribution in [3.05, 3.63) is 52.6 Å². The molecule has 5 rings (SSSR count). The first-order valence-electron chi connectivity index (χ1n) is 11.4. The third-order valence-corrected chi connectivity index (χ3v) is 6.63. The molecule has 0 unspecified atom stereocenters. The van der Waals surface area contributed by atoms with Gasteiger partial charge in [0.25, 0.3) is 0 Å². The zero-order chi connectivity index (χ0) is 22.2. The highest BCUT2D eigenvalue weighted by Crippen LogP contribution is 2.35. The Kier molecular flexibility index (Phi) is 5.51. The molecule has 7 nitrogen and oxygen atoms in total. The third kappa shape index (κ3) is 3.81. The van der Waals surface area contributed by atoms with E-state index in [4.69, 9.17) is 4.74 Å². The van der Waals surface area contributed by atoms with Crippen molar-refractivity contribution in [3.8, 4) is 5.75 Å². The number of Topliss-reactive ketones (excluding diaryl/α,β-unsaturated/α-hetero) is 2. The minimum absolute atomic E-state index is 0.0325. The molecule has 1 fully saturated rings. The summed E-state index contributed by atoms with van der Waals surface area (Å²) in [6, 6.07) is 4.16. The van der Waals surface area contributed by atoms with Gasteiger partial charge in [0.2, 0.25) is 0 Å². The van der Waals surface area contributed by atoms with E-state index in [1.165, 1.54) is 0 Å². The SMILES string of the molecule is CCC(=O)c1cc2c(cn1)N1CCN(Cc3cnc4c(c3)CC(=O)C(CC)=C4)C[C@@H]1CO2. The second-order valence-electron chi connectivity index (χ2n) is 8.72. The Morgan fingerprint density at radius 3 is 2.88 bits per heavy atom. The molecule has 0 N–H and O–H groups in total.